The third-order valence-corrected chi connectivity index (χ3v) is 10.2. The molecule has 1 heterocycles. The molecule has 2 nitrogen and oxygen atoms in total. The van der Waals surface area contributed by atoms with Gasteiger partial charge in [0.25, 0.3) is 0 Å². The van der Waals surface area contributed by atoms with E-state index < -0.39 is 16.1 Å². The van der Waals surface area contributed by atoms with Crippen LogP contribution in [-0.2, 0) is 11.3 Å². The van der Waals surface area contributed by atoms with E-state index in [0.717, 1.165) is 5.52 Å². The fourth-order valence-electron chi connectivity index (χ4n) is 3.56. The standard InChI is InChI=1S/C24H31NOSi2/c1-27(2,3)19-22(18-26-17-20-11-7-6-8-12-20)28(4,5)23-15-9-13-21-14-10-16-25-24(21)23/h6-16,19H,17-18H2,1-5H3/b22-19+. The maximum atomic E-state index is 6.22. The number of fused-ring (bicyclic) bond motifs is 1. The molecular formula is C24H31NOSi2. The zero-order valence-electron chi connectivity index (χ0n) is 17.7. The van der Waals surface area contributed by atoms with Gasteiger partial charge in [0, 0.05) is 11.6 Å². The number of nitrogens with zero attached hydrogens (tertiary/aromatic N) is 1. The zero-order valence-corrected chi connectivity index (χ0v) is 19.7. The molecule has 0 amide bonds. The number of para-hydroxylation sites is 1. The first kappa shape index (κ1) is 20.7. The summed E-state index contributed by atoms with van der Waals surface area (Å²) in [7, 11) is -3.30. The summed E-state index contributed by atoms with van der Waals surface area (Å²) in [5.74, 6) is 0. The molecule has 0 saturated carbocycles. The third kappa shape index (κ3) is 5.07. The molecule has 0 aliphatic rings. The van der Waals surface area contributed by atoms with Crippen LogP contribution in [0, 0.1) is 0 Å². The van der Waals surface area contributed by atoms with Gasteiger partial charge in [-0.2, -0.15) is 0 Å². The molecule has 0 saturated heterocycles. The lowest BCUT2D eigenvalue weighted by Gasteiger charge is -2.30. The topological polar surface area (TPSA) is 22.1 Å². The van der Waals surface area contributed by atoms with Crippen molar-refractivity contribution in [1.82, 2.24) is 4.98 Å². The van der Waals surface area contributed by atoms with Crippen LogP contribution in [-0.4, -0.2) is 27.7 Å². The molecule has 0 unspecified atom stereocenters. The minimum Gasteiger partial charge on any atom is -0.373 e. The van der Waals surface area contributed by atoms with E-state index >= 15 is 0 Å². The average Bonchev–Trinajstić information content (AvgIpc) is 2.66. The van der Waals surface area contributed by atoms with Gasteiger partial charge in [-0.15, -0.1) is 0 Å². The fourth-order valence-corrected chi connectivity index (χ4v) is 9.55. The number of aromatic nitrogens is 1. The Labute approximate surface area is 171 Å². The van der Waals surface area contributed by atoms with Gasteiger partial charge in [0.1, 0.15) is 8.07 Å². The zero-order chi connectivity index (χ0) is 20.2. The van der Waals surface area contributed by atoms with Gasteiger partial charge in [0.05, 0.1) is 26.8 Å². The molecule has 0 bridgehead atoms. The summed E-state index contributed by atoms with van der Waals surface area (Å²) in [6, 6.07) is 21.2. The molecule has 2 aromatic carbocycles. The molecule has 4 heteroatoms. The molecule has 0 spiro atoms. The summed E-state index contributed by atoms with van der Waals surface area (Å²) in [6.07, 6.45) is 1.91. The first-order chi connectivity index (χ1) is 13.3. The lowest BCUT2D eigenvalue weighted by molar-refractivity contribution is 0.146. The Morgan fingerprint density at radius 1 is 0.893 bits per heavy atom. The second kappa shape index (κ2) is 8.56. The number of rotatable bonds is 7. The van der Waals surface area contributed by atoms with Crippen LogP contribution in [0.3, 0.4) is 0 Å². The summed E-state index contributed by atoms with van der Waals surface area (Å²) in [4.78, 5) is 4.73. The van der Waals surface area contributed by atoms with E-state index in [1.807, 2.05) is 18.3 Å². The second-order valence-electron chi connectivity index (χ2n) is 9.02. The molecular weight excluding hydrogens is 374 g/mol. The van der Waals surface area contributed by atoms with Crippen molar-refractivity contribution in [2.24, 2.45) is 0 Å². The van der Waals surface area contributed by atoms with Crippen LogP contribution in [0.25, 0.3) is 10.9 Å². The predicted octanol–water partition coefficient (Wildman–Crippen LogP) is 5.71. The summed E-state index contributed by atoms with van der Waals surface area (Å²) in [6.45, 7) is 13.4. The Morgan fingerprint density at radius 2 is 1.61 bits per heavy atom. The maximum absolute atomic E-state index is 6.22. The molecule has 0 atom stereocenters. The third-order valence-electron chi connectivity index (χ3n) is 5.09. The van der Waals surface area contributed by atoms with Crippen LogP contribution in [0.4, 0.5) is 0 Å². The van der Waals surface area contributed by atoms with E-state index in [2.05, 4.69) is 87.0 Å². The van der Waals surface area contributed by atoms with Gasteiger partial charge in [-0.05, 0) is 16.8 Å². The van der Waals surface area contributed by atoms with Gasteiger partial charge in [0.15, 0.2) is 0 Å². The van der Waals surface area contributed by atoms with E-state index in [1.165, 1.54) is 21.3 Å². The maximum Gasteiger partial charge on any atom is 0.112 e. The Balaban J connectivity index is 1.93. The minimum absolute atomic E-state index is 0.655. The molecule has 3 rings (SSSR count). The first-order valence-corrected chi connectivity index (χ1v) is 16.5. The second-order valence-corrected chi connectivity index (χ2v) is 18.5. The van der Waals surface area contributed by atoms with Gasteiger partial charge in [-0.25, -0.2) is 0 Å². The van der Waals surface area contributed by atoms with Gasteiger partial charge >= 0.3 is 0 Å². The largest absolute Gasteiger partial charge is 0.373 e. The Hall–Kier alpha value is -2.02. The van der Waals surface area contributed by atoms with Crippen molar-refractivity contribution < 1.29 is 4.74 Å². The van der Waals surface area contributed by atoms with E-state index in [9.17, 15) is 0 Å². The molecule has 0 radical (unpaired) electrons. The highest BCUT2D eigenvalue weighted by atomic mass is 28.3. The number of hydrogen-bond donors (Lipinski definition) is 0. The lowest BCUT2D eigenvalue weighted by atomic mass is 10.2. The smallest absolute Gasteiger partial charge is 0.112 e. The summed E-state index contributed by atoms with van der Waals surface area (Å²) in [5.41, 5.74) is 4.93. The summed E-state index contributed by atoms with van der Waals surface area (Å²) in [5, 5.41) is 4.11. The van der Waals surface area contributed by atoms with Gasteiger partial charge in [-0.1, -0.05) is 98.2 Å². The van der Waals surface area contributed by atoms with E-state index in [-0.39, 0.29) is 0 Å². The quantitative estimate of drug-likeness (QED) is 0.470. The van der Waals surface area contributed by atoms with E-state index in [0.29, 0.717) is 13.2 Å². The molecule has 1 aromatic heterocycles. The molecule has 28 heavy (non-hydrogen) atoms. The summed E-state index contributed by atoms with van der Waals surface area (Å²) >= 11 is 0. The van der Waals surface area contributed by atoms with Crippen LogP contribution < -0.4 is 5.19 Å². The molecule has 0 aliphatic heterocycles. The number of ether oxygens (including phenoxy) is 1. The summed E-state index contributed by atoms with van der Waals surface area (Å²) < 4.78 is 6.22. The van der Waals surface area contributed by atoms with Crippen LogP contribution in [0.15, 0.2) is 77.8 Å². The van der Waals surface area contributed by atoms with Crippen molar-refractivity contribution in [3.05, 3.63) is 83.3 Å². The molecule has 0 aliphatic carbocycles. The Bertz CT molecular complexity index is 954. The SMILES string of the molecule is C[Si](C)(C)/C=C(\COCc1ccccc1)[Si](C)(C)c1cccc2cccnc12. The van der Waals surface area contributed by atoms with Crippen LogP contribution in [0.1, 0.15) is 5.56 Å². The van der Waals surface area contributed by atoms with Gasteiger partial charge < -0.3 is 4.74 Å². The normalized spacial score (nSPS) is 13.1. The molecule has 0 fully saturated rings. The number of hydrogen-bond acceptors (Lipinski definition) is 2. The Morgan fingerprint density at radius 3 is 2.32 bits per heavy atom. The average molecular weight is 406 g/mol. The van der Waals surface area contributed by atoms with Crippen LogP contribution in [0.2, 0.25) is 32.7 Å². The Kier molecular flexibility index (Phi) is 6.33. The van der Waals surface area contributed by atoms with E-state index in [4.69, 9.17) is 9.72 Å². The first-order valence-electron chi connectivity index (χ1n) is 9.95. The molecule has 146 valence electrons. The van der Waals surface area contributed by atoms with Crippen LogP contribution >= 0.6 is 0 Å². The molecule has 0 N–H and O–H groups in total. The van der Waals surface area contributed by atoms with Crippen molar-refractivity contribution in [3.63, 3.8) is 0 Å². The number of pyridine rings is 1. The predicted molar refractivity (Wildman–Crippen MR) is 126 cm³/mol. The van der Waals surface area contributed by atoms with Crippen molar-refractivity contribution >= 4 is 32.2 Å². The van der Waals surface area contributed by atoms with Crippen molar-refractivity contribution in [3.8, 4) is 0 Å². The van der Waals surface area contributed by atoms with Crippen molar-refractivity contribution in [2.45, 2.75) is 39.3 Å². The highest BCUT2D eigenvalue weighted by molar-refractivity contribution is 6.98. The number of benzene rings is 2. The van der Waals surface area contributed by atoms with Crippen molar-refractivity contribution in [1.29, 1.82) is 0 Å². The lowest BCUT2D eigenvalue weighted by Crippen LogP contribution is -2.47. The highest BCUT2D eigenvalue weighted by Crippen LogP contribution is 2.23. The fraction of sp³-hybridized carbons (Fsp3) is 0.292. The van der Waals surface area contributed by atoms with Crippen LogP contribution in [0.5, 0.6) is 0 Å². The van der Waals surface area contributed by atoms with E-state index in [1.54, 1.807) is 0 Å². The molecule has 3 aromatic rings. The highest BCUT2D eigenvalue weighted by Gasteiger charge is 2.32. The van der Waals surface area contributed by atoms with Gasteiger partial charge in [0.2, 0.25) is 0 Å². The van der Waals surface area contributed by atoms with Gasteiger partial charge in [-0.3, -0.25) is 4.98 Å². The van der Waals surface area contributed by atoms with Crippen molar-refractivity contribution in [2.75, 3.05) is 6.61 Å². The minimum atomic E-state index is -1.91. The monoisotopic (exact) mass is 405 g/mol.